The van der Waals surface area contributed by atoms with Crippen molar-refractivity contribution in [2.45, 2.75) is 6.92 Å². The van der Waals surface area contributed by atoms with E-state index < -0.39 is 11.8 Å². The van der Waals surface area contributed by atoms with E-state index in [4.69, 9.17) is 5.11 Å². The Morgan fingerprint density at radius 2 is 1.88 bits per heavy atom. The molecule has 2 rings (SSSR count). The third kappa shape index (κ3) is 5.24. The smallest absolute Gasteiger partial charge is 0.244 e. The number of benzene rings is 2. The molecule has 0 bridgehead atoms. The van der Waals surface area contributed by atoms with Crippen LogP contribution in [0.4, 0.5) is 10.1 Å². The average Bonchev–Trinajstić information content (AvgIpc) is 2.55. The number of halogens is 1. The average molecular weight is 328 g/mol. The molecule has 0 spiro atoms. The van der Waals surface area contributed by atoms with Crippen molar-refractivity contribution < 1.29 is 19.1 Å². The third-order valence-corrected chi connectivity index (χ3v) is 3.20. The fourth-order valence-electron chi connectivity index (χ4n) is 1.98. The number of aromatic hydroxyl groups is 1. The Balaban J connectivity index is 1.87. The minimum atomic E-state index is -0.447. The lowest BCUT2D eigenvalue weighted by Gasteiger charge is -2.06. The molecule has 0 aliphatic rings. The van der Waals surface area contributed by atoms with Crippen molar-refractivity contribution >= 4 is 23.1 Å². The Labute approximate surface area is 138 Å². The summed E-state index contributed by atoms with van der Waals surface area (Å²) < 4.78 is 13.2. The van der Waals surface area contributed by atoms with Crippen LogP contribution in [0.1, 0.15) is 12.5 Å². The topological polar surface area (TPSA) is 78.4 Å². The van der Waals surface area contributed by atoms with Crippen LogP contribution < -0.4 is 10.6 Å². The Hall–Kier alpha value is -3.15. The number of allylic oxidation sites excluding steroid dienone is 1. The highest BCUT2D eigenvalue weighted by Gasteiger charge is 2.06. The normalized spacial score (nSPS) is 11.0. The SMILES string of the molecule is CC(=CC(=O)NCC(=O)Nc1ccc(O)cc1)c1cccc(F)c1. The highest BCUT2D eigenvalue weighted by molar-refractivity contribution is 5.99. The summed E-state index contributed by atoms with van der Waals surface area (Å²) in [6.07, 6.45) is 1.31. The molecule has 124 valence electrons. The number of hydrogen-bond donors (Lipinski definition) is 3. The first kappa shape index (κ1) is 17.2. The molecule has 0 aliphatic carbocycles. The quantitative estimate of drug-likeness (QED) is 0.583. The van der Waals surface area contributed by atoms with Crippen LogP contribution in [0.15, 0.2) is 54.6 Å². The molecular weight excluding hydrogens is 311 g/mol. The molecule has 0 radical (unpaired) electrons. The predicted octanol–water partition coefficient (Wildman–Crippen LogP) is 2.69. The van der Waals surface area contributed by atoms with Gasteiger partial charge in [-0.2, -0.15) is 0 Å². The largest absolute Gasteiger partial charge is 0.508 e. The maximum Gasteiger partial charge on any atom is 0.244 e. The van der Waals surface area contributed by atoms with Crippen molar-refractivity contribution in [1.29, 1.82) is 0 Å². The fraction of sp³-hybridized carbons (Fsp3) is 0.111. The van der Waals surface area contributed by atoms with E-state index in [1.54, 1.807) is 31.2 Å². The molecule has 0 aliphatic heterocycles. The second-order valence-electron chi connectivity index (χ2n) is 5.15. The minimum Gasteiger partial charge on any atom is -0.508 e. The van der Waals surface area contributed by atoms with E-state index in [2.05, 4.69) is 10.6 Å². The molecule has 0 heterocycles. The summed E-state index contributed by atoms with van der Waals surface area (Å²) in [6, 6.07) is 11.9. The predicted molar refractivity (Wildman–Crippen MR) is 89.8 cm³/mol. The Kier molecular flexibility index (Phi) is 5.68. The molecule has 6 heteroatoms. The summed E-state index contributed by atoms with van der Waals surface area (Å²) in [5.74, 6) is -1.13. The maximum absolute atomic E-state index is 13.2. The number of nitrogens with one attached hydrogen (secondary N) is 2. The van der Waals surface area contributed by atoms with Gasteiger partial charge in [-0.1, -0.05) is 12.1 Å². The van der Waals surface area contributed by atoms with Gasteiger partial charge in [0.15, 0.2) is 0 Å². The molecule has 2 aromatic carbocycles. The molecule has 24 heavy (non-hydrogen) atoms. The standard InChI is InChI=1S/C18H17FN2O3/c1-12(13-3-2-4-14(19)10-13)9-17(23)20-11-18(24)21-15-5-7-16(22)8-6-15/h2-10,22H,11H2,1H3,(H,20,23)(H,21,24). The number of hydrogen-bond acceptors (Lipinski definition) is 3. The lowest BCUT2D eigenvalue weighted by Crippen LogP contribution is -2.31. The Morgan fingerprint density at radius 1 is 1.17 bits per heavy atom. The molecule has 2 aromatic rings. The molecule has 0 saturated heterocycles. The number of phenols is 1. The van der Waals surface area contributed by atoms with Crippen molar-refractivity contribution in [3.8, 4) is 5.75 Å². The van der Waals surface area contributed by atoms with Gasteiger partial charge in [-0.25, -0.2) is 4.39 Å². The van der Waals surface area contributed by atoms with Crippen LogP contribution in [-0.2, 0) is 9.59 Å². The molecule has 0 fully saturated rings. The summed E-state index contributed by atoms with van der Waals surface area (Å²) >= 11 is 0. The first-order valence-corrected chi connectivity index (χ1v) is 7.25. The first-order chi connectivity index (χ1) is 11.4. The van der Waals surface area contributed by atoms with Crippen LogP contribution in [0, 0.1) is 5.82 Å². The van der Waals surface area contributed by atoms with E-state index >= 15 is 0 Å². The lowest BCUT2D eigenvalue weighted by atomic mass is 10.1. The van der Waals surface area contributed by atoms with Crippen molar-refractivity contribution in [2.24, 2.45) is 0 Å². The van der Waals surface area contributed by atoms with Crippen molar-refractivity contribution in [1.82, 2.24) is 5.32 Å². The van der Waals surface area contributed by atoms with Gasteiger partial charge in [0.2, 0.25) is 11.8 Å². The molecule has 0 unspecified atom stereocenters. The molecule has 5 nitrogen and oxygen atoms in total. The zero-order valence-corrected chi connectivity index (χ0v) is 13.0. The lowest BCUT2D eigenvalue weighted by molar-refractivity contribution is -0.121. The van der Waals surface area contributed by atoms with Crippen LogP contribution in [0.5, 0.6) is 5.75 Å². The number of phenolic OH excluding ortho intramolecular Hbond substituents is 1. The number of amides is 2. The van der Waals surface area contributed by atoms with E-state index in [-0.39, 0.29) is 18.1 Å². The van der Waals surface area contributed by atoms with Crippen LogP contribution >= 0.6 is 0 Å². The minimum absolute atomic E-state index is 0.0965. The van der Waals surface area contributed by atoms with E-state index in [1.807, 2.05) is 0 Å². The van der Waals surface area contributed by atoms with Gasteiger partial charge in [0, 0.05) is 11.8 Å². The van der Waals surface area contributed by atoms with Gasteiger partial charge in [-0.3, -0.25) is 9.59 Å². The van der Waals surface area contributed by atoms with E-state index in [0.717, 1.165) is 0 Å². The zero-order chi connectivity index (χ0) is 17.5. The number of rotatable bonds is 5. The van der Waals surface area contributed by atoms with Crippen molar-refractivity contribution in [2.75, 3.05) is 11.9 Å². The number of carbonyl (C=O) groups is 2. The van der Waals surface area contributed by atoms with Gasteiger partial charge in [-0.05, 0) is 54.5 Å². The Morgan fingerprint density at radius 3 is 2.54 bits per heavy atom. The summed E-state index contributed by atoms with van der Waals surface area (Å²) in [5, 5.41) is 14.2. The van der Waals surface area contributed by atoms with Gasteiger partial charge in [0.05, 0.1) is 6.54 Å². The summed E-state index contributed by atoms with van der Waals surface area (Å²) in [6.45, 7) is 1.48. The van der Waals surface area contributed by atoms with Gasteiger partial charge in [0.25, 0.3) is 0 Å². The van der Waals surface area contributed by atoms with Gasteiger partial charge in [0.1, 0.15) is 11.6 Å². The molecule has 2 amide bonds. The third-order valence-electron chi connectivity index (χ3n) is 3.20. The summed E-state index contributed by atoms with van der Waals surface area (Å²) in [4.78, 5) is 23.6. The van der Waals surface area contributed by atoms with Gasteiger partial charge in [-0.15, -0.1) is 0 Å². The van der Waals surface area contributed by atoms with Gasteiger partial charge >= 0.3 is 0 Å². The monoisotopic (exact) mass is 328 g/mol. The first-order valence-electron chi connectivity index (χ1n) is 7.25. The molecule has 0 atom stereocenters. The van der Waals surface area contributed by atoms with E-state index in [1.165, 1.54) is 30.3 Å². The fourth-order valence-corrected chi connectivity index (χ4v) is 1.98. The van der Waals surface area contributed by atoms with E-state index in [9.17, 15) is 14.0 Å². The maximum atomic E-state index is 13.2. The van der Waals surface area contributed by atoms with Crippen molar-refractivity contribution in [3.63, 3.8) is 0 Å². The van der Waals surface area contributed by atoms with Crippen molar-refractivity contribution in [3.05, 3.63) is 66.0 Å². The Bertz CT molecular complexity index is 770. The second kappa shape index (κ2) is 7.92. The molecular formula is C18H17FN2O3. The second-order valence-corrected chi connectivity index (χ2v) is 5.15. The molecule has 0 aromatic heterocycles. The summed E-state index contributed by atoms with van der Waals surface area (Å²) in [5.41, 5.74) is 1.70. The molecule has 3 N–H and O–H groups in total. The molecule has 0 saturated carbocycles. The van der Waals surface area contributed by atoms with Crippen LogP contribution in [0.3, 0.4) is 0 Å². The van der Waals surface area contributed by atoms with Crippen LogP contribution in [0.2, 0.25) is 0 Å². The summed E-state index contributed by atoms with van der Waals surface area (Å²) in [7, 11) is 0. The van der Waals surface area contributed by atoms with Gasteiger partial charge < -0.3 is 15.7 Å². The number of carbonyl (C=O) groups excluding carboxylic acids is 2. The highest BCUT2D eigenvalue weighted by Crippen LogP contribution is 2.15. The highest BCUT2D eigenvalue weighted by atomic mass is 19.1. The van der Waals surface area contributed by atoms with Crippen LogP contribution in [0.25, 0.3) is 5.57 Å². The van der Waals surface area contributed by atoms with Crippen LogP contribution in [-0.4, -0.2) is 23.5 Å². The number of anilines is 1. The zero-order valence-electron chi connectivity index (χ0n) is 13.0. The van der Waals surface area contributed by atoms with E-state index in [0.29, 0.717) is 16.8 Å².